The molecule has 1 heterocycles. The van der Waals surface area contributed by atoms with E-state index in [0.29, 0.717) is 12.6 Å². The first kappa shape index (κ1) is 14.9. The number of nitrogens with one attached hydrogen (secondary N) is 1. The van der Waals surface area contributed by atoms with Crippen LogP contribution in [0.4, 0.5) is 5.82 Å². The van der Waals surface area contributed by atoms with E-state index in [1.165, 1.54) is 5.56 Å². The monoisotopic (exact) mass is 251 g/mol. The lowest BCUT2D eigenvalue weighted by Gasteiger charge is -2.29. The lowest BCUT2D eigenvalue weighted by molar-refractivity contribution is 0.0874. The summed E-state index contributed by atoms with van der Waals surface area (Å²) in [6, 6.07) is 4.39. The molecule has 0 aliphatic heterocycles. The topological polar surface area (TPSA) is 48.4 Å². The molecule has 2 N–H and O–H groups in total. The number of likely N-dealkylation sites (N-methyl/N-ethyl adjacent to an activating group) is 1. The van der Waals surface area contributed by atoms with Gasteiger partial charge in [0, 0.05) is 25.3 Å². The molecule has 102 valence electrons. The lowest BCUT2D eigenvalue weighted by Crippen LogP contribution is -2.39. The standard InChI is InChI=1S/C14H25N3O/c1-6-17(10-14(3,4)18)13-9-12(7-8-16-13)11(2)15-5/h7-9,11,15,18H,6,10H2,1-5H3. The average Bonchev–Trinajstić information content (AvgIpc) is 2.34. The SMILES string of the molecule is CCN(CC(C)(C)O)c1cc(C(C)NC)ccn1. The molecule has 0 saturated carbocycles. The number of pyridine rings is 1. The Bertz CT molecular complexity index is 374. The Hall–Kier alpha value is -1.13. The molecule has 0 amide bonds. The molecule has 0 saturated heterocycles. The quantitative estimate of drug-likeness (QED) is 0.811. The highest BCUT2D eigenvalue weighted by molar-refractivity contribution is 5.42. The zero-order valence-electron chi connectivity index (χ0n) is 12.1. The van der Waals surface area contributed by atoms with Gasteiger partial charge in [-0.2, -0.15) is 0 Å². The van der Waals surface area contributed by atoms with Crippen molar-refractivity contribution in [1.82, 2.24) is 10.3 Å². The van der Waals surface area contributed by atoms with Crippen LogP contribution in [0.5, 0.6) is 0 Å². The van der Waals surface area contributed by atoms with Crippen LogP contribution in [0.1, 0.15) is 39.3 Å². The van der Waals surface area contributed by atoms with Crippen molar-refractivity contribution >= 4 is 5.82 Å². The molecule has 0 fully saturated rings. The Morgan fingerprint density at radius 1 is 1.50 bits per heavy atom. The summed E-state index contributed by atoms with van der Waals surface area (Å²) in [5.74, 6) is 0.916. The number of aliphatic hydroxyl groups is 1. The number of aromatic nitrogens is 1. The average molecular weight is 251 g/mol. The van der Waals surface area contributed by atoms with Crippen molar-refractivity contribution in [1.29, 1.82) is 0 Å². The van der Waals surface area contributed by atoms with Crippen molar-refractivity contribution < 1.29 is 5.11 Å². The summed E-state index contributed by atoms with van der Waals surface area (Å²) in [5, 5.41) is 13.1. The van der Waals surface area contributed by atoms with E-state index in [0.717, 1.165) is 12.4 Å². The molecule has 0 aliphatic carbocycles. The number of hydrogen-bond acceptors (Lipinski definition) is 4. The molecule has 0 aliphatic rings. The van der Waals surface area contributed by atoms with E-state index in [2.05, 4.69) is 35.1 Å². The van der Waals surface area contributed by atoms with Gasteiger partial charge in [0.2, 0.25) is 0 Å². The summed E-state index contributed by atoms with van der Waals surface area (Å²) in [7, 11) is 1.94. The minimum Gasteiger partial charge on any atom is -0.389 e. The fraction of sp³-hybridized carbons (Fsp3) is 0.643. The fourth-order valence-corrected chi connectivity index (χ4v) is 1.86. The Morgan fingerprint density at radius 2 is 2.17 bits per heavy atom. The van der Waals surface area contributed by atoms with Crippen molar-refractivity contribution in [3.63, 3.8) is 0 Å². The second-order valence-corrected chi connectivity index (χ2v) is 5.28. The molecule has 0 radical (unpaired) electrons. The van der Waals surface area contributed by atoms with Gasteiger partial charge in [-0.25, -0.2) is 4.98 Å². The van der Waals surface area contributed by atoms with Crippen molar-refractivity contribution in [3.05, 3.63) is 23.9 Å². The van der Waals surface area contributed by atoms with Crippen LogP contribution >= 0.6 is 0 Å². The predicted molar refractivity (Wildman–Crippen MR) is 75.9 cm³/mol. The van der Waals surface area contributed by atoms with Gasteiger partial charge in [0.1, 0.15) is 5.82 Å². The van der Waals surface area contributed by atoms with Crippen molar-refractivity contribution in [2.45, 2.75) is 39.3 Å². The van der Waals surface area contributed by atoms with E-state index in [1.807, 2.05) is 33.2 Å². The maximum atomic E-state index is 9.92. The molecular formula is C14H25N3O. The van der Waals surface area contributed by atoms with Gasteiger partial charge < -0.3 is 15.3 Å². The summed E-state index contributed by atoms with van der Waals surface area (Å²) in [4.78, 5) is 6.49. The van der Waals surface area contributed by atoms with Crippen LogP contribution in [-0.4, -0.2) is 35.8 Å². The van der Waals surface area contributed by atoms with Gasteiger partial charge in [-0.1, -0.05) is 0 Å². The molecule has 1 unspecified atom stereocenters. The molecule has 0 aromatic carbocycles. The maximum Gasteiger partial charge on any atom is 0.128 e. The van der Waals surface area contributed by atoms with Crippen LogP contribution in [-0.2, 0) is 0 Å². The molecule has 4 nitrogen and oxygen atoms in total. The first-order valence-electron chi connectivity index (χ1n) is 6.48. The fourth-order valence-electron chi connectivity index (χ4n) is 1.86. The minimum atomic E-state index is -0.720. The Labute approximate surface area is 110 Å². The van der Waals surface area contributed by atoms with Crippen LogP contribution in [0.2, 0.25) is 0 Å². The summed E-state index contributed by atoms with van der Waals surface area (Å²) in [6.07, 6.45) is 1.82. The molecule has 1 rings (SSSR count). The van der Waals surface area contributed by atoms with E-state index in [1.54, 1.807) is 0 Å². The normalized spacial score (nSPS) is 13.4. The third-order valence-corrected chi connectivity index (χ3v) is 2.99. The molecule has 4 heteroatoms. The highest BCUT2D eigenvalue weighted by Gasteiger charge is 2.18. The van der Waals surface area contributed by atoms with Crippen LogP contribution < -0.4 is 10.2 Å². The molecule has 0 spiro atoms. The van der Waals surface area contributed by atoms with Crippen molar-refractivity contribution in [2.24, 2.45) is 0 Å². The maximum absolute atomic E-state index is 9.92. The van der Waals surface area contributed by atoms with E-state index >= 15 is 0 Å². The molecule has 18 heavy (non-hydrogen) atoms. The van der Waals surface area contributed by atoms with Crippen LogP contribution in [0, 0.1) is 0 Å². The number of anilines is 1. The molecule has 1 aromatic heterocycles. The third kappa shape index (κ3) is 4.27. The largest absolute Gasteiger partial charge is 0.389 e. The minimum absolute atomic E-state index is 0.299. The van der Waals surface area contributed by atoms with E-state index in [4.69, 9.17) is 0 Å². The van der Waals surface area contributed by atoms with Crippen molar-refractivity contribution in [3.8, 4) is 0 Å². The Kier molecular flexibility index (Phi) is 5.11. The highest BCUT2D eigenvalue weighted by atomic mass is 16.3. The number of rotatable bonds is 6. The lowest BCUT2D eigenvalue weighted by atomic mass is 10.1. The van der Waals surface area contributed by atoms with E-state index < -0.39 is 5.60 Å². The highest BCUT2D eigenvalue weighted by Crippen LogP contribution is 2.19. The first-order chi connectivity index (χ1) is 8.37. The molecule has 1 aromatic rings. The van der Waals surface area contributed by atoms with Gasteiger partial charge in [-0.15, -0.1) is 0 Å². The molecular weight excluding hydrogens is 226 g/mol. The van der Waals surface area contributed by atoms with E-state index in [-0.39, 0.29) is 0 Å². The predicted octanol–water partition coefficient (Wildman–Crippen LogP) is 1.96. The van der Waals surface area contributed by atoms with Gasteiger partial charge >= 0.3 is 0 Å². The van der Waals surface area contributed by atoms with Crippen LogP contribution in [0.3, 0.4) is 0 Å². The van der Waals surface area contributed by atoms with Gasteiger partial charge in [0.15, 0.2) is 0 Å². The van der Waals surface area contributed by atoms with Crippen LogP contribution in [0.15, 0.2) is 18.3 Å². The molecule has 1 atom stereocenters. The van der Waals surface area contributed by atoms with Crippen LogP contribution in [0.25, 0.3) is 0 Å². The van der Waals surface area contributed by atoms with E-state index in [9.17, 15) is 5.11 Å². The summed E-state index contributed by atoms with van der Waals surface area (Å²) in [5.41, 5.74) is 0.485. The number of hydrogen-bond donors (Lipinski definition) is 2. The zero-order chi connectivity index (χ0) is 13.8. The van der Waals surface area contributed by atoms with Gasteiger partial charge in [0.25, 0.3) is 0 Å². The summed E-state index contributed by atoms with van der Waals surface area (Å²) >= 11 is 0. The van der Waals surface area contributed by atoms with Gasteiger partial charge in [0.05, 0.1) is 5.60 Å². The second kappa shape index (κ2) is 6.16. The second-order valence-electron chi connectivity index (χ2n) is 5.28. The van der Waals surface area contributed by atoms with Gasteiger partial charge in [-0.3, -0.25) is 0 Å². The Morgan fingerprint density at radius 3 is 2.67 bits per heavy atom. The van der Waals surface area contributed by atoms with Gasteiger partial charge in [-0.05, 0) is 52.4 Å². The smallest absolute Gasteiger partial charge is 0.128 e. The first-order valence-corrected chi connectivity index (χ1v) is 6.48. The molecule has 0 bridgehead atoms. The third-order valence-electron chi connectivity index (χ3n) is 2.99. The number of nitrogens with zero attached hydrogens (tertiary/aromatic N) is 2. The summed E-state index contributed by atoms with van der Waals surface area (Å²) in [6.45, 7) is 9.22. The summed E-state index contributed by atoms with van der Waals surface area (Å²) < 4.78 is 0. The zero-order valence-corrected chi connectivity index (χ0v) is 12.1. The van der Waals surface area contributed by atoms with Crippen molar-refractivity contribution in [2.75, 3.05) is 25.0 Å². The Balaban J connectivity index is 2.93.